The van der Waals surface area contributed by atoms with Gasteiger partial charge in [-0.05, 0) is 49.5 Å². The molecule has 0 bridgehead atoms. The predicted molar refractivity (Wildman–Crippen MR) is 76.3 cm³/mol. The first-order valence-corrected chi connectivity index (χ1v) is 7.73. The minimum atomic E-state index is -4.49. The van der Waals surface area contributed by atoms with Crippen molar-refractivity contribution in [1.29, 1.82) is 0 Å². The van der Waals surface area contributed by atoms with Crippen LogP contribution in [-0.4, -0.2) is 23.3 Å². The van der Waals surface area contributed by atoms with Crippen molar-refractivity contribution >= 4 is 11.3 Å². The Bertz CT molecular complexity index is 621. The lowest BCUT2D eigenvalue weighted by Gasteiger charge is -2.22. The van der Waals surface area contributed by atoms with Crippen molar-refractivity contribution in [3.05, 3.63) is 34.8 Å². The highest BCUT2D eigenvalue weighted by atomic mass is 32.1. The maximum absolute atomic E-state index is 12.4. The van der Waals surface area contributed by atoms with Gasteiger partial charge in [0.2, 0.25) is 5.01 Å². The highest BCUT2D eigenvalue weighted by Gasteiger charge is 2.36. The van der Waals surface area contributed by atoms with Crippen LogP contribution >= 0.6 is 11.3 Å². The molecule has 0 saturated carbocycles. The Morgan fingerprint density at radius 2 is 1.77 bits per heavy atom. The van der Waals surface area contributed by atoms with Gasteiger partial charge in [-0.25, -0.2) is 0 Å². The van der Waals surface area contributed by atoms with E-state index in [0.29, 0.717) is 23.0 Å². The molecule has 1 aliphatic heterocycles. The lowest BCUT2D eigenvalue weighted by atomic mass is 9.90. The van der Waals surface area contributed by atoms with Crippen LogP contribution in [0.4, 0.5) is 13.2 Å². The van der Waals surface area contributed by atoms with E-state index >= 15 is 0 Å². The molecule has 1 aliphatic rings. The lowest BCUT2D eigenvalue weighted by Crippen LogP contribution is -2.26. The molecule has 0 radical (unpaired) electrons. The van der Waals surface area contributed by atoms with Crippen molar-refractivity contribution in [2.75, 3.05) is 13.1 Å². The van der Waals surface area contributed by atoms with Crippen LogP contribution in [0.3, 0.4) is 0 Å². The SMILES string of the molecule is FC(F)(F)c1nnc(Oc2ccc(C3CCNCC3)cc2)s1. The Balaban J connectivity index is 1.67. The smallest absolute Gasteiger partial charge is 0.430 e. The van der Waals surface area contributed by atoms with Gasteiger partial charge in [-0.2, -0.15) is 13.2 Å². The molecule has 3 rings (SSSR count). The summed E-state index contributed by atoms with van der Waals surface area (Å²) in [6.45, 7) is 2.02. The fourth-order valence-corrected chi connectivity index (χ4v) is 3.01. The Labute approximate surface area is 129 Å². The molecule has 1 N–H and O–H groups in total. The number of alkyl halides is 3. The summed E-state index contributed by atoms with van der Waals surface area (Å²) in [6.07, 6.45) is -2.31. The van der Waals surface area contributed by atoms with E-state index in [1.54, 1.807) is 12.1 Å². The molecule has 2 heterocycles. The largest absolute Gasteiger partial charge is 0.445 e. The van der Waals surface area contributed by atoms with Gasteiger partial charge in [0.05, 0.1) is 0 Å². The standard InChI is InChI=1S/C14H14F3N3OS/c15-14(16,17)12-19-20-13(22-12)21-11-3-1-9(2-4-11)10-5-7-18-8-6-10/h1-4,10,18H,5-8H2. The number of nitrogens with zero attached hydrogens (tertiary/aromatic N) is 2. The number of ether oxygens (including phenoxy) is 1. The summed E-state index contributed by atoms with van der Waals surface area (Å²) in [6, 6.07) is 7.42. The first kappa shape index (κ1) is 15.2. The van der Waals surface area contributed by atoms with E-state index < -0.39 is 11.2 Å². The fourth-order valence-electron chi connectivity index (χ4n) is 2.43. The number of rotatable bonds is 3. The summed E-state index contributed by atoms with van der Waals surface area (Å²) in [7, 11) is 0. The van der Waals surface area contributed by atoms with E-state index in [1.165, 1.54) is 5.56 Å². The van der Waals surface area contributed by atoms with E-state index in [1.807, 2.05) is 12.1 Å². The molecule has 1 saturated heterocycles. The molecule has 8 heteroatoms. The molecule has 0 unspecified atom stereocenters. The average molecular weight is 329 g/mol. The van der Waals surface area contributed by atoms with Gasteiger partial charge in [-0.1, -0.05) is 28.6 Å². The fraction of sp³-hybridized carbons (Fsp3) is 0.429. The minimum Gasteiger partial charge on any atom is -0.430 e. The summed E-state index contributed by atoms with van der Waals surface area (Å²) in [5.74, 6) is 0.983. The Kier molecular flexibility index (Phi) is 4.30. The Hall–Kier alpha value is -1.67. The van der Waals surface area contributed by atoms with E-state index in [4.69, 9.17) is 4.74 Å². The van der Waals surface area contributed by atoms with Crippen LogP contribution < -0.4 is 10.1 Å². The summed E-state index contributed by atoms with van der Waals surface area (Å²) in [4.78, 5) is 0. The van der Waals surface area contributed by atoms with Crippen molar-refractivity contribution in [2.45, 2.75) is 24.9 Å². The summed E-state index contributed by atoms with van der Waals surface area (Å²) in [5.41, 5.74) is 1.22. The van der Waals surface area contributed by atoms with Gasteiger partial charge >= 0.3 is 6.18 Å². The van der Waals surface area contributed by atoms with Crippen molar-refractivity contribution in [1.82, 2.24) is 15.5 Å². The first-order valence-electron chi connectivity index (χ1n) is 6.91. The third-order valence-electron chi connectivity index (χ3n) is 3.54. The molecule has 0 aliphatic carbocycles. The zero-order valence-electron chi connectivity index (χ0n) is 11.6. The zero-order valence-corrected chi connectivity index (χ0v) is 12.4. The number of benzene rings is 1. The van der Waals surface area contributed by atoms with Gasteiger partial charge < -0.3 is 10.1 Å². The predicted octanol–water partition coefficient (Wildman–Crippen LogP) is 3.82. The van der Waals surface area contributed by atoms with Crippen LogP contribution in [-0.2, 0) is 6.18 Å². The molecule has 0 atom stereocenters. The molecular formula is C14H14F3N3OS. The van der Waals surface area contributed by atoms with Gasteiger partial charge in [-0.3, -0.25) is 0 Å². The Morgan fingerprint density at radius 3 is 2.36 bits per heavy atom. The van der Waals surface area contributed by atoms with E-state index in [9.17, 15) is 13.2 Å². The van der Waals surface area contributed by atoms with Gasteiger partial charge in [-0.15, -0.1) is 5.10 Å². The van der Waals surface area contributed by atoms with Crippen LogP contribution in [0.15, 0.2) is 24.3 Å². The maximum atomic E-state index is 12.4. The highest BCUT2D eigenvalue weighted by molar-refractivity contribution is 7.13. The number of aromatic nitrogens is 2. The van der Waals surface area contributed by atoms with Crippen molar-refractivity contribution in [2.24, 2.45) is 0 Å². The van der Waals surface area contributed by atoms with E-state index in [0.717, 1.165) is 25.9 Å². The molecule has 1 aromatic heterocycles. The van der Waals surface area contributed by atoms with Gasteiger partial charge in [0.1, 0.15) is 5.75 Å². The van der Waals surface area contributed by atoms with Crippen molar-refractivity contribution < 1.29 is 17.9 Å². The number of hydrogen-bond acceptors (Lipinski definition) is 5. The topological polar surface area (TPSA) is 47.0 Å². The number of halogens is 3. The van der Waals surface area contributed by atoms with Gasteiger partial charge in [0.25, 0.3) is 5.19 Å². The van der Waals surface area contributed by atoms with Crippen molar-refractivity contribution in [3.63, 3.8) is 0 Å². The number of piperidine rings is 1. The van der Waals surface area contributed by atoms with Crippen LogP contribution in [0.1, 0.15) is 29.3 Å². The number of hydrogen-bond donors (Lipinski definition) is 1. The van der Waals surface area contributed by atoms with E-state index in [2.05, 4.69) is 15.5 Å². The summed E-state index contributed by atoms with van der Waals surface area (Å²) in [5, 5.41) is 8.69. The molecular weight excluding hydrogens is 315 g/mol. The average Bonchev–Trinajstić information content (AvgIpc) is 2.98. The lowest BCUT2D eigenvalue weighted by molar-refractivity contribution is -0.138. The van der Waals surface area contributed by atoms with Crippen molar-refractivity contribution in [3.8, 4) is 10.9 Å². The third kappa shape index (κ3) is 3.56. The molecule has 1 aromatic carbocycles. The van der Waals surface area contributed by atoms with Gasteiger partial charge in [0, 0.05) is 0 Å². The molecule has 118 valence electrons. The van der Waals surface area contributed by atoms with E-state index in [-0.39, 0.29) is 5.19 Å². The van der Waals surface area contributed by atoms with Gasteiger partial charge in [0.15, 0.2) is 0 Å². The van der Waals surface area contributed by atoms with Crippen LogP contribution in [0, 0.1) is 0 Å². The third-order valence-corrected chi connectivity index (χ3v) is 4.39. The second-order valence-electron chi connectivity index (χ2n) is 5.07. The molecule has 2 aromatic rings. The summed E-state index contributed by atoms with van der Waals surface area (Å²) >= 11 is 0.389. The quantitative estimate of drug-likeness (QED) is 0.930. The minimum absolute atomic E-state index is 0.109. The summed E-state index contributed by atoms with van der Waals surface area (Å²) < 4.78 is 42.7. The first-order chi connectivity index (χ1) is 10.5. The van der Waals surface area contributed by atoms with Crippen LogP contribution in [0.2, 0.25) is 0 Å². The van der Waals surface area contributed by atoms with Crippen LogP contribution in [0.25, 0.3) is 0 Å². The zero-order chi connectivity index (χ0) is 15.6. The second-order valence-corrected chi connectivity index (χ2v) is 6.01. The molecule has 4 nitrogen and oxygen atoms in total. The molecule has 1 fully saturated rings. The second kappa shape index (κ2) is 6.21. The maximum Gasteiger partial charge on any atom is 0.445 e. The Morgan fingerprint density at radius 1 is 1.09 bits per heavy atom. The normalized spacial score (nSPS) is 16.7. The van der Waals surface area contributed by atoms with Crippen LogP contribution in [0.5, 0.6) is 10.9 Å². The number of nitrogens with one attached hydrogen (secondary N) is 1. The highest BCUT2D eigenvalue weighted by Crippen LogP contribution is 2.35. The molecule has 0 spiro atoms. The molecule has 22 heavy (non-hydrogen) atoms. The molecule has 0 amide bonds. The monoisotopic (exact) mass is 329 g/mol.